The van der Waals surface area contributed by atoms with Crippen LogP contribution in [0.3, 0.4) is 0 Å². The second kappa shape index (κ2) is 2.10. The lowest BCUT2D eigenvalue weighted by Crippen LogP contribution is -2.25. The van der Waals surface area contributed by atoms with E-state index in [2.05, 4.69) is 12.2 Å². The molecule has 6 atom stereocenters. The van der Waals surface area contributed by atoms with Gasteiger partial charge in [0.2, 0.25) is 0 Å². The predicted octanol–water partition coefficient (Wildman–Crippen LogP) is 0.0917. The van der Waals surface area contributed by atoms with Gasteiger partial charge in [0.05, 0.1) is 0 Å². The SMILES string of the molecule is O[C@@H]1O[C@H](O)[C@@H]2[C@H]1[C@@H]1C=C[C@H]2C1. The summed E-state index contributed by atoms with van der Waals surface area (Å²) >= 11 is 0. The molecule has 1 saturated heterocycles. The minimum absolute atomic E-state index is 0.148. The quantitative estimate of drug-likeness (QED) is 0.504. The summed E-state index contributed by atoms with van der Waals surface area (Å²) in [4.78, 5) is 0. The Bertz CT molecular complexity index is 216. The maximum absolute atomic E-state index is 9.48. The molecule has 1 saturated carbocycles. The minimum atomic E-state index is -0.745. The van der Waals surface area contributed by atoms with E-state index in [0.717, 1.165) is 6.42 Å². The van der Waals surface area contributed by atoms with E-state index in [0.29, 0.717) is 11.8 Å². The molecule has 3 aliphatic rings. The first-order chi connectivity index (χ1) is 5.77. The Hall–Kier alpha value is -0.380. The van der Waals surface area contributed by atoms with Gasteiger partial charge in [-0.2, -0.15) is 0 Å². The van der Waals surface area contributed by atoms with Gasteiger partial charge in [0.25, 0.3) is 0 Å². The van der Waals surface area contributed by atoms with Gasteiger partial charge in [0, 0.05) is 11.8 Å². The van der Waals surface area contributed by atoms with Crippen LogP contribution in [0.25, 0.3) is 0 Å². The third-order valence-electron chi connectivity index (χ3n) is 3.52. The van der Waals surface area contributed by atoms with Gasteiger partial charge in [-0.05, 0) is 18.3 Å². The summed E-state index contributed by atoms with van der Waals surface area (Å²) in [6, 6.07) is 0. The van der Waals surface area contributed by atoms with Crippen LogP contribution in [0.2, 0.25) is 0 Å². The van der Waals surface area contributed by atoms with Crippen LogP contribution in [0.1, 0.15) is 6.42 Å². The molecule has 2 bridgehead atoms. The first-order valence-electron chi connectivity index (χ1n) is 4.47. The van der Waals surface area contributed by atoms with E-state index in [1.165, 1.54) is 0 Å². The van der Waals surface area contributed by atoms with Crippen molar-refractivity contribution in [1.82, 2.24) is 0 Å². The van der Waals surface area contributed by atoms with Gasteiger partial charge in [-0.1, -0.05) is 12.2 Å². The van der Waals surface area contributed by atoms with Gasteiger partial charge in [-0.15, -0.1) is 0 Å². The topological polar surface area (TPSA) is 49.7 Å². The molecule has 2 fully saturated rings. The van der Waals surface area contributed by atoms with E-state index in [1.54, 1.807) is 0 Å². The molecule has 2 N–H and O–H groups in total. The molecule has 3 rings (SSSR count). The first kappa shape index (κ1) is 7.06. The molecular formula is C9H12O3. The summed E-state index contributed by atoms with van der Waals surface area (Å²) < 4.78 is 4.98. The molecule has 0 spiro atoms. The number of ether oxygens (including phenoxy) is 1. The van der Waals surface area contributed by atoms with E-state index in [4.69, 9.17) is 4.74 Å². The summed E-state index contributed by atoms with van der Waals surface area (Å²) in [6.45, 7) is 0. The summed E-state index contributed by atoms with van der Waals surface area (Å²) in [5.41, 5.74) is 0. The zero-order valence-corrected chi connectivity index (χ0v) is 6.63. The minimum Gasteiger partial charge on any atom is -0.368 e. The highest BCUT2D eigenvalue weighted by Gasteiger charge is 2.56. The number of aliphatic hydroxyl groups excluding tert-OH is 2. The molecule has 3 nitrogen and oxygen atoms in total. The molecule has 3 heteroatoms. The van der Waals surface area contributed by atoms with Gasteiger partial charge in [-0.25, -0.2) is 0 Å². The standard InChI is InChI=1S/C9H12O3/c10-8-6-4-1-2-5(3-4)7(6)9(11)12-8/h1-2,4-11H,3H2/t4-,5+,6-,7+,8-,9+. The number of rotatable bonds is 0. The van der Waals surface area contributed by atoms with Crippen molar-refractivity contribution in [2.24, 2.45) is 23.7 Å². The lowest BCUT2D eigenvalue weighted by Gasteiger charge is -2.20. The van der Waals surface area contributed by atoms with Crippen molar-refractivity contribution in [3.63, 3.8) is 0 Å². The van der Waals surface area contributed by atoms with Crippen molar-refractivity contribution < 1.29 is 14.9 Å². The first-order valence-corrected chi connectivity index (χ1v) is 4.47. The third kappa shape index (κ3) is 0.672. The van der Waals surface area contributed by atoms with Crippen LogP contribution in [0, 0.1) is 23.7 Å². The second-order valence-corrected chi connectivity index (χ2v) is 4.02. The number of hydrogen-bond donors (Lipinski definition) is 2. The average Bonchev–Trinajstić information content (AvgIpc) is 2.64. The van der Waals surface area contributed by atoms with Crippen LogP contribution in [0.5, 0.6) is 0 Å². The smallest absolute Gasteiger partial charge is 0.161 e. The summed E-state index contributed by atoms with van der Waals surface area (Å²) in [5, 5.41) is 19.0. The Morgan fingerprint density at radius 3 is 2.00 bits per heavy atom. The normalized spacial score (nSPS) is 61.2. The molecule has 1 aliphatic heterocycles. The largest absolute Gasteiger partial charge is 0.368 e. The van der Waals surface area contributed by atoms with Gasteiger partial charge < -0.3 is 14.9 Å². The molecule has 0 aromatic heterocycles. The van der Waals surface area contributed by atoms with Crippen molar-refractivity contribution in [2.45, 2.75) is 19.0 Å². The van der Waals surface area contributed by atoms with Gasteiger partial charge in [-0.3, -0.25) is 0 Å². The Labute approximate surface area is 70.7 Å². The molecule has 12 heavy (non-hydrogen) atoms. The van der Waals surface area contributed by atoms with Crippen molar-refractivity contribution in [2.75, 3.05) is 0 Å². The van der Waals surface area contributed by atoms with Crippen molar-refractivity contribution in [3.8, 4) is 0 Å². The highest BCUT2D eigenvalue weighted by Crippen LogP contribution is 2.54. The van der Waals surface area contributed by atoms with Crippen LogP contribution >= 0.6 is 0 Å². The van der Waals surface area contributed by atoms with E-state index in [9.17, 15) is 10.2 Å². The fourth-order valence-electron chi connectivity index (χ4n) is 3.03. The maximum atomic E-state index is 9.48. The zero-order chi connectivity index (χ0) is 8.29. The molecule has 0 radical (unpaired) electrons. The monoisotopic (exact) mass is 168 g/mol. The van der Waals surface area contributed by atoms with Crippen LogP contribution in [-0.2, 0) is 4.74 Å². The van der Waals surface area contributed by atoms with Crippen molar-refractivity contribution >= 4 is 0 Å². The molecule has 0 amide bonds. The van der Waals surface area contributed by atoms with E-state index in [1.807, 2.05) is 0 Å². The molecule has 2 aliphatic carbocycles. The average molecular weight is 168 g/mol. The molecule has 0 aromatic carbocycles. The Morgan fingerprint density at radius 1 is 1.00 bits per heavy atom. The number of aliphatic hydroxyl groups is 2. The van der Waals surface area contributed by atoms with Crippen LogP contribution in [0.15, 0.2) is 12.2 Å². The summed E-state index contributed by atoms with van der Waals surface area (Å²) in [6.07, 6.45) is 3.90. The van der Waals surface area contributed by atoms with E-state index < -0.39 is 12.6 Å². The highest BCUT2D eigenvalue weighted by molar-refractivity contribution is 5.16. The van der Waals surface area contributed by atoms with E-state index >= 15 is 0 Å². The molecule has 0 unspecified atom stereocenters. The van der Waals surface area contributed by atoms with Gasteiger partial charge in [0.1, 0.15) is 0 Å². The van der Waals surface area contributed by atoms with Crippen LogP contribution < -0.4 is 0 Å². The predicted molar refractivity (Wildman–Crippen MR) is 40.8 cm³/mol. The maximum Gasteiger partial charge on any atom is 0.161 e. The Kier molecular flexibility index (Phi) is 1.24. The second-order valence-electron chi connectivity index (χ2n) is 4.02. The fourth-order valence-corrected chi connectivity index (χ4v) is 3.03. The number of allylic oxidation sites excluding steroid dienone is 2. The van der Waals surface area contributed by atoms with Crippen LogP contribution in [0.4, 0.5) is 0 Å². The number of fused-ring (bicyclic) bond motifs is 5. The molecule has 66 valence electrons. The lowest BCUT2D eigenvalue weighted by atomic mass is 9.84. The van der Waals surface area contributed by atoms with Crippen LogP contribution in [-0.4, -0.2) is 22.8 Å². The zero-order valence-electron chi connectivity index (χ0n) is 6.63. The summed E-state index contributed by atoms with van der Waals surface area (Å²) in [5.74, 6) is 1.17. The van der Waals surface area contributed by atoms with Crippen molar-refractivity contribution in [1.29, 1.82) is 0 Å². The lowest BCUT2D eigenvalue weighted by molar-refractivity contribution is -0.178. The number of hydrogen-bond acceptors (Lipinski definition) is 3. The molecule has 1 heterocycles. The third-order valence-corrected chi connectivity index (χ3v) is 3.52. The fraction of sp³-hybridized carbons (Fsp3) is 0.778. The summed E-state index contributed by atoms with van der Waals surface area (Å²) in [7, 11) is 0. The van der Waals surface area contributed by atoms with E-state index in [-0.39, 0.29) is 11.8 Å². The van der Waals surface area contributed by atoms with Crippen molar-refractivity contribution in [3.05, 3.63) is 12.2 Å². The highest BCUT2D eigenvalue weighted by atomic mass is 16.7. The van der Waals surface area contributed by atoms with Gasteiger partial charge in [0.15, 0.2) is 12.6 Å². The van der Waals surface area contributed by atoms with Gasteiger partial charge >= 0.3 is 0 Å². The Morgan fingerprint density at radius 2 is 1.50 bits per heavy atom. The molecule has 0 aromatic rings. The molecular weight excluding hydrogens is 156 g/mol. The Balaban J connectivity index is 1.98.